The second kappa shape index (κ2) is 6.67. The molecular weight excluding hydrogens is 254 g/mol. The zero-order valence-electron chi connectivity index (χ0n) is 10.1. The summed E-state index contributed by atoms with van der Waals surface area (Å²) in [6, 6.07) is 4.61. The Hall–Kier alpha value is -1.00. The summed E-state index contributed by atoms with van der Waals surface area (Å²) in [7, 11) is 0. The average Bonchev–Trinajstić information content (AvgIpc) is 2.96. The van der Waals surface area contributed by atoms with Gasteiger partial charge in [0.15, 0.2) is 0 Å². The van der Waals surface area contributed by atoms with Crippen LogP contribution in [-0.4, -0.2) is 9.78 Å². The Labute approximate surface area is 112 Å². The first-order chi connectivity index (χ1) is 7.81. The Kier molecular flexibility index (Phi) is 5.51. The second-order valence-corrected chi connectivity index (χ2v) is 4.68. The van der Waals surface area contributed by atoms with Gasteiger partial charge in [-0.05, 0) is 35.7 Å². The van der Waals surface area contributed by atoms with Crippen LogP contribution in [-0.2, 0) is 6.54 Å². The fourth-order valence-corrected chi connectivity index (χ4v) is 2.23. The monoisotopic (exact) mass is 271 g/mol. The number of hydrogen-bond acceptors (Lipinski definition) is 3. The van der Waals surface area contributed by atoms with E-state index in [4.69, 9.17) is 0 Å². The van der Waals surface area contributed by atoms with E-state index in [9.17, 15) is 0 Å². The molecule has 94 valence electrons. The quantitative estimate of drug-likeness (QED) is 0.892. The van der Waals surface area contributed by atoms with Gasteiger partial charge in [0.1, 0.15) is 5.82 Å². The number of nitrogens with one attached hydrogen (secondary N) is 1. The van der Waals surface area contributed by atoms with Crippen LogP contribution < -0.4 is 5.32 Å². The number of thiophene rings is 1. The van der Waals surface area contributed by atoms with Gasteiger partial charge in [-0.2, -0.15) is 16.4 Å². The van der Waals surface area contributed by atoms with Crippen molar-refractivity contribution in [3.8, 4) is 0 Å². The van der Waals surface area contributed by atoms with Gasteiger partial charge in [-0.1, -0.05) is 6.92 Å². The summed E-state index contributed by atoms with van der Waals surface area (Å²) in [6.45, 7) is 5.23. The summed E-state index contributed by atoms with van der Waals surface area (Å²) in [5.74, 6) is 1.10. The van der Waals surface area contributed by atoms with Crippen molar-refractivity contribution in [3.63, 3.8) is 0 Å². The van der Waals surface area contributed by atoms with E-state index in [2.05, 4.69) is 41.1 Å². The highest BCUT2D eigenvalue weighted by Gasteiger charge is 2.07. The molecule has 0 amide bonds. The summed E-state index contributed by atoms with van der Waals surface area (Å²) < 4.78 is 2.05. The minimum Gasteiger partial charge on any atom is -0.366 e. The van der Waals surface area contributed by atoms with Crippen LogP contribution in [0.25, 0.3) is 0 Å². The normalized spacial score (nSPS) is 11.9. The minimum atomic E-state index is 0. The number of hydrogen-bond donors (Lipinski definition) is 1. The smallest absolute Gasteiger partial charge is 0.124 e. The zero-order chi connectivity index (χ0) is 11.4. The van der Waals surface area contributed by atoms with E-state index in [0.29, 0.717) is 6.04 Å². The molecule has 0 bridgehead atoms. The maximum Gasteiger partial charge on any atom is 0.124 e. The van der Waals surface area contributed by atoms with Crippen LogP contribution in [0.15, 0.2) is 29.1 Å². The van der Waals surface area contributed by atoms with Gasteiger partial charge in [-0.3, -0.25) is 0 Å². The molecule has 17 heavy (non-hydrogen) atoms. The largest absolute Gasteiger partial charge is 0.366 e. The van der Waals surface area contributed by atoms with Gasteiger partial charge < -0.3 is 5.32 Å². The summed E-state index contributed by atoms with van der Waals surface area (Å²) in [5.41, 5.74) is 1.32. The Bertz CT molecular complexity index is 425. The molecule has 0 saturated heterocycles. The highest BCUT2D eigenvalue weighted by Crippen LogP contribution is 2.17. The molecular formula is C12H18ClN3S. The van der Waals surface area contributed by atoms with Crippen LogP contribution in [0.1, 0.15) is 31.9 Å². The summed E-state index contributed by atoms with van der Waals surface area (Å²) in [4.78, 5) is 0. The maximum atomic E-state index is 4.34. The Morgan fingerprint density at radius 3 is 2.94 bits per heavy atom. The summed E-state index contributed by atoms with van der Waals surface area (Å²) in [5, 5.41) is 12.0. The van der Waals surface area contributed by atoms with Crippen LogP contribution in [0.3, 0.4) is 0 Å². The Balaban J connectivity index is 0.00000144. The third-order valence-corrected chi connectivity index (χ3v) is 3.46. The van der Waals surface area contributed by atoms with Crippen molar-refractivity contribution in [1.29, 1.82) is 0 Å². The average molecular weight is 272 g/mol. The van der Waals surface area contributed by atoms with Crippen molar-refractivity contribution in [3.05, 3.63) is 34.7 Å². The molecule has 2 heterocycles. The van der Waals surface area contributed by atoms with Crippen LogP contribution in [0.2, 0.25) is 0 Å². The van der Waals surface area contributed by atoms with Crippen LogP contribution in [0, 0.1) is 0 Å². The molecule has 0 aliphatic rings. The molecule has 1 unspecified atom stereocenters. The number of anilines is 1. The Morgan fingerprint density at radius 1 is 1.47 bits per heavy atom. The van der Waals surface area contributed by atoms with Crippen molar-refractivity contribution in [1.82, 2.24) is 9.78 Å². The van der Waals surface area contributed by atoms with Crippen molar-refractivity contribution in [2.24, 2.45) is 0 Å². The van der Waals surface area contributed by atoms with E-state index in [1.165, 1.54) is 5.56 Å². The fraction of sp³-hybridized carbons (Fsp3) is 0.417. The first-order valence-corrected chi connectivity index (χ1v) is 6.54. The Morgan fingerprint density at radius 2 is 2.29 bits per heavy atom. The molecule has 2 aromatic rings. The lowest BCUT2D eigenvalue weighted by molar-refractivity contribution is 0.482. The third kappa shape index (κ3) is 3.48. The van der Waals surface area contributed by atoms with Gasteiger partial charge in [0.2, 0.25) is 0 Å². The topological polar surface area (TPSA) is 29.9 Å². The van der Waals surface area contributed by atoms with Gasteiger partial charge in [0.25, 0.3) is 0 Å². The van der Waals surface area contributed by atoms with Crippen molar-refractivity contribution in [2.75, 3.05) is 5.32 Å². The fourth-order valence-electron chi connectivity index (χ4n) is 1.56. The van der Waals surface area contributed by atoms with Gasteiger partial charge in [0.05, 0.1) is 12.2 Å². The molecule has 0 aromatic carbocycles. The van der Waals surface area contributed by atoms with Gasteiger partial charge in [-0.25, -0.2) is 4.68 Å². The van der Waals surface area contributed by atoms with Gasteiger partial charge in [0, 0.05) is 12.6 Å². The molecule has 2 rings (SSSR count). The SMILES string of the molecule is CCC(C)n1nccc1NCc1ccsc1.Cl. The lowest BCUT2D eigenvalue weighted by Crippen LogP contribution is -2.11. The highest BCUT2D eigenvalue weighted by molar-refractivity contribution is 7.07. The number of aromatic nitrogens is 2. The standard InChI is InChI=1S/C12H17N3S.ClH/c1-3-10(2)15-12(4-6-14-15)13-8-11-5-7-16-9-11;/h4-7,9-10,13H,3,8H2,1-2H3;1H. The molecule has 0 spiro atoms. The molecule has 1 atom stereocenters. The van der Waals surface area contributed by atoms with E-state index >= 15 is 0 Å². The molecule has 0 aliphatic carbocycles. The van der Waals surface area contributed by atoms with Crippen LogP contribution in [0.4, 0.5) is 5.82 Å². The molecule has 0 fully saturated rings. The first-order valence-electron chi connectivity index (χ1n) is 5.59. The number of halogens is 1. The number of nitrogens with zero attached hydrogens (tertiary/aromatic N) is 2. The second-order valence-electron chi connectivity index (χ2n) is 3.90. The van der Waals surface area contributed by atoms with Gasteiger partial charge >= 0.3 is 0 Å². The minimum absolute atomic E-state index is 0. The van der Waals surface area contributed by atoms with Gasteiger partial charge in [-0.15, -0.1) is 12.4 Å². The molecule has 3 nitrogen and oxygen atoms in total. The first kappa shape index (κ1) is 14.1. The predicted molar refractivity (Wildman–Crippen MR) is 76.1 cm³/mol. The molecule has 5 heteroatoms. The summed E-state index contributed by atoms with van der Waals surface area (Å²) in [6.07, 6.45) is 2.94. The molecule has 0 aliphatic heterocycles. The van der Waals surface area contributed by atoms with Crippen molar-refractivity contribution in [2.45, 2.75) is 32.9 Å². The van der Waals surface area contributed by atoms with Crippen LogP contribution >= 0.6 is 23.7 Å². The highest BCUT2D eigenvalue weighted by atomic mass is 35.5. The lowest BCUT2D eigenvalue weighted by Gasteiger charge is -2.14. The summed E-state index contributed by atoms with van der Waals surface area (Å²) >= 11 is 1.73. The van der Waals surface area contributed by atoms with E-state index in [1.54, 1.807) is 11.3 Å². The molecule has 2 aromatic heterocycles. The van der Waals surface area contributed by atoms with E-state index in [-0.39, 0.29) is 12.4 Å². The lowest BCUT2D eigenvalue weighted by atomic mass is 10.3. The third-order valence-electron chi connectivity index (χ3n) is 2.73. The van der Waals surface area contributed by atoms with Crippen molar-refractivity contribution < 1.29 is 0 Å². The predicted octanol–water partition coefficient (Wildman–Crippen LogP) is 3.95. The molecule has 0 saturated carbocycles. The van der Waals surface area contributed by atoms with Crippen LogP contribution in [0.5, 0.6) is 0 Å². The maximum absolute atomic E-state index is 4.34. The molecule has 1 N–H and O–H groups in total. The zero-order valence-corrected chi connectivity index (χ0v) is 11.7. The molecule has 0 radical (unpaired) electrons. The van der Waals surface area contributed by atoms with E-state index < -0.39 is 0 Å². The van der Waals surface area contributed by atoms with E-state index in [0.717, 1.165) is 18.8 Å². The van der Waals surface area contributed by atoms with Crippen molar-refractivity contribution >= 4 is 29.6 Å². The van der Waals surface area contributed by atoms with E-state index in [1.807, 2.05) is 16.9 Å². The number of rotatable bonds is 5.